The number of aliphatic carboxylic acids is 1. The molecular formula is C11H24N2O4. The average molecular weight is 248 g/mol. The van der Waals surface area contributed by atoms with Crippen molar-refractivity contribution in [3.63, 3.8) is 0 Å². The second-order valence-corrected chi connectivity index (χ2v) is 5.30. The van der Waals surface area contributed by atoms with Crippen LogP contribution in [0.3, 0.4) is 0 Å². The maximum Gasteiger partial charge on any atom is 0.307 e. The van der Waals surface area contributed by atoms with Gasteiger partial charge < -0.3 is 21.3 Å². The molecule has 17 heavy (non-hydrogen) atoms. The van der Waals surface area contributed by atoms with Crippen LogP contribution in [0.15, 0.2) is 0 Å². The molecule has 0 fully saturated rings. The van der Waals surface area contributed by atoms with Crippen LogP contribution in [0.4, 0.5) is 0 Å². The Morgan fingerprint density at radius 2 is 1.41 bits per heavy atom. The molecule has 0 unspecified atom stereocenters. The monoisotopic (exact) mass is 248 g/mol. The molecule has 0 saturated heterocycles. The van der Waals surface area contributed by atoms with E-state index in [4.69, 9.17) is 16.6 Å². The molecule has 0 aliphatic heterocycles. The number of hydrogen-bond donors (Lipinski definition) is 3. The molecule has 0 aliphatic carbocycles. The van der Waals surface area contributed by atoms with Crippen molar-refractivity contribution >= 4 is 11.9 Å². The SMILES string of the molecule is CC(C)(N)CC(=O)O.COC(=O)CC(C)(C)N. The molecule has 0 atom stereocenters. The number of carboxylic acids is 1. The van der Waals surface area contributed by atoms with Crippen LogP contribution < -0.4 is 11.5 Å². The first-order chi connectivity index (χ1) is 7.37. The van der Waals surface area contributed by atoms with E-state index in [1.54, 1.807) is 27.7 Å². The first-order valence-electron chi connectivity index (χ1n) is 5.24. The van der Waals surface area contributed by atoms with Gasteiger partial charge in [-0.2, -0.15) is 0 Å². The van der Waals surface area contributed by atoms with Crippen molar-refractivity contribution in [2.45, 2.75) is 51.6 Å². The van der Waals surface area contributed by atoms with E-state index in [9.17, 15) is 9.59 Å². The molecule has 5 N–H and O–H groups in total. The number of nitrogens with two attached hydrogens (primary N) is 2. The Morgan fingerprint density at radius 3 is 1.47 bits per heavy atom. The van der Waals surface area contributed by atoms with Gasteiger partial charge in [0.25, 0.3) is 0 Å². The van der Waals surface area contributed by atoms with Crippen molar-refractivity contribution in [1.82, 2.24) is 0 Å². The summed E-state index contributed by atoms with van der Waals surface area (Å²) in [7, 11) is 1.36. The van der Waals surface area contributed by atoms with Crippen LogP contribution in [-0.2, 0) is 14.3 Å². The second-order valence-electron chi connectivity index (χ2n) is 5.30. The van der Waals surface area contributed by atoms with Crippen molar-refractivity contribution in [2.75, 3.05) is 7.11 Å². The standard InChI is InChI=1S/C6H13NO2.C5H11NO2/c1-6(2,7)4-5(8)9-3;1-5(2,6)3-4(7)8/h4,7H2,1-3H3;3,6H2,1-2H3,(H,7,8). The first kappa shape index (κ1) is 18.2. The Balaban J connectivity index is 0. The van der Waals surface area contributed by atoms with Crippen LogP contribution >= 0.6 is 0 Å². The molecule has 0 bridgehead atoms. The number of esters is 1. The highest BCUT2D eigenvalue weighted by atomic mass is 16.5. The van der Waals surface area contributed by atoms with E-state index < -0.39 is 17.0 Å². The molecule has 0 aromatic heterocycles. The Kier molecular flexibility index (Phi) is 7.76. The molecule has 0 heterocycles. The summed E-state index contributed by atoms with van der Waals surface area (Å²) in [4.78, 5) is 20.5. The number of methoxy groups -OCH3 is 1. The van der Waals surface area contributed by atoms with Gasteiger partial charge in [-0.1, -0.05) is 0 Å². The molecule has 0 amide bonds. The predicted octanol–water partition coefficient (Wildman–Crippen LogP) is 0.485. The van der Waals surface area contributed by atoms with Crippen LogP contribution in [0.5, 0.6) is 0 Å². The van der Waals surface area contributed by atoms with Crippen LogP contribution in [0.2, 0.25) is 0 Å². The summed E-state index contributed by atoms with van der Waals surface area (Å²) in [6, 6.07) is 0. The summed E-state index contributed by atoms with van der Waals surface area (Å²) in [5.41, 5.74) is 9.84. The second kappa shape index (κ2) is 7.24. The van der Waals surface area contributed by atoms with Gasteiger partial charge in [0.2, 0.25) is 0 Å². The third kappa shape index (κ3) is 20.8. The quantitative estimate of drug-likeness (QED) is 0.623. The Hall–Kier alpha value is -1.14. The lowest BCUT2D eigenvalue weighted by Crippen LogP contribution is -2.34. The van der Waals surface area contributed by atoms with Crippen LogP contribution in [0.1, 0.15) is 40.5 Å². The van der Waals surface area contributed by atoms with Crippen molar-refractivity contribution in [3.05, 3.63) is 0 Å². The molecular weight excluding hydrogens is 224 g/mol. The third-order valence-corrected chi connectivity index (χ3v) is 1.43. The van der Waals surface area contributed by atoms with Crippen molar-refractivity contribution < 1.29 is 19.4 Å². The largest absolute Gasteiger partial charge is 0.481 e. The molecule has 0 radical (unpaired) electrons. The Labute approximate surface area is 102 Å². The van der Waals surface area contributed by atoms with Crippen LogP contribution in [-0.4, -0.2) is 35.2 Å². The van der Waals surface area contributed by atoms with Crippen molar-refractivity contribution in [3.8, 4) is 0 Å². The molecule has 0 saturated carbocycles. The van der Waals surface area contributed by atoms with E-state index in [0.29, 0.717) is 0 Å². The van der Waals surface area contributed by atoms with Crippen molar-refractivity contribution in [2.24, 2.45) is 11.5 Å². The van der Waals surface area contributed by atoms with Gasteiger partial charge in [-0.05, 0) is 27.7 Å². The topological polar surface area (TPSA) is 116 Å². The summed E-state index contributed by atoms with van der Waals surface area (Å²) in [5.74, 6) is -1.11. The average Bonchev–Trinajstić information content (AvgIpc) is 1.96. The predicted molar refractivity (Wildman–Crippen MR) is 65.4 cm³/mol. The summed E-state index contributed by atoms with van der Waals surface area (Å²) >= 11 is 0. The van der Waals surface area contributed by atoms with Gasteiger partial charge in [0.15, 0.2) is 0 Å². The van der Waals surface area contributed by atoms with E-state index in [1.165, 1.54) is 7.11 Å². The molecule has 0 rings (SSSR count). The zero-order valence-corrected chi connectivity index (χ0v) is 11.2. The minimum absolute atomic E-state index is 0.0208. The normalized spacial score (nSPS) is 11.2. The highest BCUT2D eigenvalue weighted by molar-refractivity contribution is 5.70. The molecule has 6 nitrogen and oxygen atoms in total. The number of ether oxygens (including phenoxy) is 1. The Morgan fingerprint density at radius 1 is 1.06 bits per heavy atom. The van der Waals surface area contributed by atoms with Gasteiger partial charge >= 0.3 is 11.9 Å². The van der Waals surface area contributed by atoms with Gasteiger partial charge in [-0.25, -0.2) is 0 Å². The molecule has 0 aromatic carbocycles. The lowest BCUT2D eigenvalue weighted by molar-refractivity contribution is -0.141. The number of rotatable bonds is 4. The lowest BCUT2D eigenvalue weighted by atomic mass is 10.0. The number of carbonyl (C=O) groups is 2. The summed E-state index contributed by atoms with van der Waals surface area (Å²) in [6.07, 6.45) is 0.288. The van der Waals surface area contributed by atoms with Gasteiger partial charge in [0.1, 0.15) is 0 Å². The fourth-order valence-corrected chi connectivity index (χ4v) is 0.834. The third-order valence-electron chi connectivity index (χ3n) is 1.43. The van der Waals surface area contributed by atoms with Gasteiger partial charge in [0.05, 0.1) is 20.0 Å². The zero-order chi connectivity index (χ0) is 14.3. The van der Waals surface area contributed by atoms with Gasteiger partial charge in [-0.3, -0.25) is 9.59 Å². The maximum atomic E-state index is 10.5. The van der Waals surface area contributed by atoms with Gasteiger partial charge in [0, 0.05) is 11.1 Å². The maximum absolute atomic E-state index is 10.5. The molecule has 0 spiro atoms. The summed E-state index contributed by atoms with van der Waals surface area (Å²) in [5, 5.41) is 8.17. The highest BCUT2D eigenvalue weighted by Crippen LogP contribution is 2.03. The zero-order valence-electron chi connectivity index (χ0n) is 11.2. The minimum Gasteiger partial charge on any atom is -0.481 e. The minimum atomic E-state index is -0.850. The van der Waals surface area contributed by atoms with E-state index >= 15 is 0 Å². The number of hydrogen-bond acceptors (Lipinski definition) is 5. The fraction of sp³-hybridized carbons (Fsp3) is 0.818. The smallest absolute Gasteiger partial charge is 0.307 e. The molecule has 6 heteroatoms. The summed E-state index contributed by atoms with van der Waals surface area (Å²) < 4.78 is 4.41. The Bertz CT molecular complexity index is 251. The molecule has 0 aliphatic rings. The summed E-state index contributed by atoms with van der Waals surface area (Å²) in [6.45, 7) is 6.93. The van der Waals surface area contributed by atoms with Crippen LogP contribution in [0.25, 0.3) is 0 Å². The van der Waals surface area contributed by atoms with E-state index in [1.807, 2.05) is 0 Å². The van der Waals surface area contributed by atoms with E-state index in [0.717, 1.165) is 0 Å². The van der Waals surface area contributed by atoms with Crippen molar-refractivity contribution in [1.29, 1.82) is 0 Å². The van der Waals surface area contributed by atoms with Gasteiger partial charge in [-0.15, -0.1) is 0 Å². The molecule has 102 valence electrons. The fourth-order valence-electron chi connectivity index (χ4n) is 0.834. The number of carboxylic acid groups (broad SMARTS) is 1. The first-order valence-corrected chi connectivity index (χ1v) is 5.24. The molecule has 0 aromatic rings. The van der Waals surface area contributed by atoms with E-state index in [-0.39, 0.29) is 18.8 Å². The lowest BCUT2D eigenvalue weighted by Gasteiger charge is -2.15. The number of carbonyl (C=O) groups excluding carboxylic acids is 1. The highest BCUT2D eigenvalue weighted by Gasteiger charge is 2.16. The van der Waals surface area contributed by atoms with E-state index in [2.05, 4.69) is 4.74 Å². The van der Waals surface area contributed by atoms with Crippen LogP contribution in [0, 0.1) is 0 Å².